The van der Waals surface area contributed by atoms with Gasteiger partial charge in [0.2, 0.25) is 0 Å². The van der Waals surface area contributed by atoms with Crippen LogP contribution < -0.4 is 0 Å². The number of aromatic nitrogens is 4. The fourth-order valence-corrected chi connectivity index (χ4v) is 11.9. The molecule has 4 nitrogen and oxygen atoms in total. The van der Waals surface area contributed by atoms with Crippen LogP contribution in [0.25, 0.3) is 111 Å². The van der Waals surface area contributed by atoms with Crippen LogP contribution >= 0.6 is 0 Å². The van der Waals surface area contributed by atoms with Gasteiger partial charge in [0.25, 0.3) is 0 Å². The van der Waals surface area contributed by atoms with Crippen LogP contribution in [0.1, 0.15) is 33.4 Å². The van der Waals surface area contributed by atoms with Crippen molar-refractivity contribution in [2.75, 3.05) is 0 Å². The molecular formula is C64H46N4. The first-order valence-electron chi connectivity index (χ1n) is 24.0. The van der Waals surface area contributed by atoms with Crippen molar-refractivity contribution in [2.45, 2.75) is 39.5 Å². The number of hydrogen-bond acceptors (Lipinski definition) is 2. The number of fused-ring (bicyclic) bond motifs is 8. The van der Waals surface area contributed by atoms with E-state index in [9.17, 15) is 0 Å². The summed E-state index contributed by atoms with van der Waals surface area (Å²) < 4.78 is 5.07. The van der Waals surface area contributed by atoms with Gasteiger partial charge in [0.1, 0.15) is 0 Å². The van der Waals surface area contributed by atoms with Gasteiger partial charge in [-0.1, -0.05) is 121 Å². The molecule has 0 amide bonds. The van der Waals surface area contributed by atoms with Crippen LogP contribution in [0.3, 0.4) is 0 Å². The minimum Gasteiger partial charge on any atom is -0.307 e. The van der Waals surface area contributed by atoms with Crippen LogP contribution in [-0.4, -0.2) is 19.1 Å². The molecule has 322 valence electrons. The topological polar surface area (TPSA) is 35.6 Å². The Morgan fingerprint density at radius 3 is 1.12 bits per heavy atom. The molecule has 0 aliphatic heterocycles. The first-order valence-corrected chi connectivity index (χ1v) is 24.0. The van der Waals surface area contributed by atoms with Crippen molar-refractivity contribution < 1.29 is 0 Å². The van der Waals surface area contributed by atoms with Crippen LogP contribution in [-0.2, 0) is 25.7 Å². The second-order valence-corrected chi connectivity index (χ2v) is 18.9. The van der Waals surface area contributed by atoms with E-state index >= 15 is 0 Å². The standard InChI is InChI=1S/C64H46N4/c1-39-29-31-65-37-59(39)67-57-27-23-47(45-17-13-43(14-18-45)41-9-5-3-6-10-41)33-53(57)55-35-49-22-26-52-62-50(21-25-51(61(49)62)63(55)67)36-56-54-34-48(46-19-15-44(16-20-46)42-11-7-4-8-12-42)24-28-58(54)68(64(52)56)60-38-66-32-30-40(60)2/h3-20,23-24,27-38H,21-22,25-26H2,1-2H3. The lowest BCUT2D eigenvalue weighted by Crippen LogP contribution is -2.16. The zero-order valence-electron chi connectivity index (χ0n) is 38.1. The molecule has 0 saturated carbocycles. The highest BCUT2D eigenvalue weighted by Gasteiger charge is 2.33. The Balaban J connectivity index is 0.986. The molecule has 0 radical (unpaired) electrons. The van der Waals surface area contributed by atoms with Crippen LogP contribution in [0.15, 0.2) is 195 Å². The third-order valence-electron chi connectivity index (χ3n) is 15.2. The van der Waals surface area contributed by atoms with E-state index in [1.807, 2.05) is 12.4 Å². The number of aryl methyl sites for hydroxylation is 6. The number of benzene rings is 8. The molecule has 12 aromatic rings. The molecule has 0 bridgehead atoms. The Morgan fingerprint density at radius 1 is 0.353 bits per heavy atom. The SMILES string of the molecule is Cc1ccncc1-n1c2ccc(-c3ccc(-c4ccccc4)cc3)cc2c2cc3c4c(c21)CCc1cc2c5cc(-c6ccc(-c7ccccc7)cc6)ccc5n(-c5cnccc5C)c2c(c1-4)CC3. The van der Waals surface area contributed by atoms with Gasteiger partial charge >= 0.3 is 0 Å². The van der Waals surface area contributed by atoms with Gasteiger partial charge in [0, 0.05) is 33.9 Å². The molecule has 4 heterocycles. The van der Waals surface area contributed by atoms with E-state index in [4.69, 9.17) is 9.97 Å². The van der Waals surface area contributed by atoms with Gasteiger partial charge in [-0.3, -0.25) is 9.97 Å². The lowest BCUT2D eigenvalue weighted by Gasteiger charge is -2.31. The van der Waals surface area contributed by atoms with E-state index in [0.29, 0.717) is 0 Å². The lowest BCUT2D eigenvalue weighted by molar-refractivity contribution is 0.882. The average Bonchev–Trinajstić information content (AvgIpc) is 3.90. The highest BCUT2D eigenvalue weighted by atomic mass is 15.0. The Bertz CT molecular complexity index is 3740. The monoisotopic (exact) mass is 870 g/mol. The number of hydrogen-bond donors (Lipinski definition) is 0. The molecule has 0 saturated heterocycles. The van der Waals surface area contributed by atoms with Gasteiger partial charge in [-0.2, -0.15) is 0 Å². The Hall–Kier alpha value is -8.34. The summed E-state index contributed by atoms with van der Waals surface area (Å²) in [5, 5.41) is 5.24. The average molecular weight is 871 g/mol. The maximum absolute atomic E-state index is 4.72. The first-order chi connectivity index (χ1) is 33.6. The van der Waals surface area contributed by atoms with Crippen LogP contribution in [0, 0.1) is 13.8 Å². The molecule has 0 fully saturated rings. The minimum absolute atomic E-state index is 0.973. The molecule has 4 aromatic heterocycles. The van der Waals surface area contributed by atoms with Crippen molar-refractivity contribution in [3.05, 3.63) is 228 Å². The smallest absolute Gasteiger partial charge is 0.0674 e. The molecule has 68 heavy (non-hydrogen) atoms. The van der Waals surface area contributed by atoms with E-state index in [2.05, 4.69) is 205 Å². The van der Waals surface area contributed by atoms with Crippen molar-refractivity contribution >= 4 is 43.6 Å². The minimum atomic E-state index is 0.973. The zero-order valence-corrected chi connectivity index (χ0v) is 38.1. The van der Waals surface area contributed by atoms with Gasteiger partial charge in [-0.25, -0.2) is 0 Å². The quantitative estimate of drug-likeness (QED) is 0.167. The van der Waals surface area contributed by atoms with Crippen molar-refractivity contribution in [2.24, 2.45) is 0 Å². The van der Waals surface area contributed by atoms with Crippen molar-refractivity contribution in [1.82, 2.24) is 19.1 Å². The van der Waals surface area contributed by atoms with Gasteiger partial charge in [-0.15, -0.1) is 0 Å². The molecule has 2 aliphatic rings. The molecule has 0 N–H and O–H groups in total. The van der Waals surface area contributed by atoms with Crippen LogP contribution in [0.5, 0.6) is 0 Å². The van der Waals surface area contributed by atoms with Gasteiger partial charge < -0.3 is 9.13 Å². The number of pyridine rings is 2. The van der Waals surface area contributed by atoms with Gasteiger partial charge in [0.15, 0.2) is 0 Å². The first kappa shape index (κ1) is 38.9. The zero-order chi connectivity index (χ0) is 45.0. The summed E-state index contributed by atoms with van der Waals surface area (Å²) in [6, 6.07) is 63.0. The molecule has 0 spiro atoms. The Morgan fingerprint density at radius 2 is 0.721 bits per heavy atom. The second-order valence-electron chi connectivity index (χ2n) is 18.9. The molecule has 8 aromatic carbocycles. The normalized spacial score (nSPS) is 12.9. The summed E-state index contributed by atoms with van der Waals surface area (Å²) in [4.78, 5) is 9.44. The maximum Gasteiger partial charge on any atom is 0.0674 e. The van der Waals surface area contributed by atoms with E-state index in [0.717, 1.165) is 37.1 Å². The Labute approximate surface area is 395 Å². The summed E-state index contributed by atoms with van der Waals surface area (Å²) >= 11 is 0. The fourth-order valence-electron chi connectivity index (χ4n) is 11.9. The van der Waals surface area contributed by atoms with E-state index in [1.165, 1.54) is 133 Å². The summed E-state index contributed by atoms with van der Waals surface area (Å²) in [7, 11) is 0. The molecule has 0 atom stereocenters. The summed E-state index contributed by atoms with van der Waals surface area (Å²) in [5.41, 5.74) is 28.3. The number of rotatable bonds is 6. The predicted octanol–water partition coefficient (Wildman–Crippen LogP) is 15.8. The Kier molecular flexibility index (Phi) is 8.63. The third kappa shape index (κ3) is 5.86. The largest absolute Gasteiger partial charge is 0.307 e. The van der Waals surface area contributed by atoms with Crippen molar-refractivity contribution in [1.29, 1.82) is 0 Å². The molecule has 0 unspecified atom stereocenters. The summed E-state index contributed by atoms with van der Waals surface area (Å²) in [6.07, 6.45) is 11.9. The lowest BCUT2D eigenvalue weighted by atomic mass is 9.74. The number of nitrogens with zero attached hydrogens (tertiary/aromatic N) is 4. The van der Waals surface area contributed by atoms with E-state index in [1.54, 1.807) is 0 Å². The van der Waals surface area contributed by atoms with E-state index < -0.39 is 0 Å². The van der Waals surface area contributed by atoms with E-state index in [-0.39, 0.29) is 0 Å². The van der Waals surface area contributed by atoms with Crippen LogP contribution in [0.4, 0.5) is 0 Å². The van der Waals surface area contributed by atoms with Crippen molar-refractivity contribution in [3.8, 4) is 67.0 Å². The highest BCUT2D eigenvalue weighted by Crippen LogP contribution is 2.52. The molecule has 2 aliphatic carbocycles. The molecular weight excluding hydrogens is 825 g/mol. The van der Waals surface area contributed by atoms with Crippen molar-refractivity contribution in [3.63, 3.8) is 0 Å². The summed E-state index contributed by atoms with van der Waals surface area (Å²) in [5.74, 6) is 0. The third-order valence-corrected chi connectivity index (χ3v) is 15.2. The van der Waals surface area contributed by atoms with Gasteiger partial charge in [0.05, 0.1) is 45.8 Å². The summed E-state index contributed by atoms with van der Waals surface area (Å²) in [6.45, 7) is 4.44. The molecule has 4 heteroatoms. The second kappa shape index (κ2) is 15.1. The van der Waals surface area contributed by atoms with Gasteiger partial charge in [-0.05, 0) is 177 Å². The maximum atomic E-state index is 4.72. The fraction of sp³-hybridized carbons (Fsp3) is 0.0938. The molecule has 14 rings (SSSR count). The van der Waals surface area contributed by atoms with Crippen LogP contribution in [0.2, 0.25) is 0 Å². The highest BCUT2D eigenvalue weighted by molar-refractivity contribution is 6.17. The predicted molar refractivity (Wildman–Crippen MR) is 282 cm³/mol.